The van der Waals surface area contributed by atoms with Crippen LogP contribution < -0.4 is 15.4 Å². The van der Waals surface area contributed by atoms with Gasteiger partial charge < -0.3 is 34.3 Å². The maximum Gasteiger partial charge on any atom is 0.410 e. The summed E-state index contributed by atoms with van der Waals surface area (Å²) < 4.78 is 19.0. The number of hydrogen-bond donors (Lipinski definition) is 2. The minimum Gasteiger partial charge on any atom is -0.462 e. The number of carbonyl (C=O) groups excluding carboxylic acids is 1. The topological polar surface area (TPSA) is 153 Å². The van der Waals surface area contributed by atoms with Gasteiger partial charge in [0.2, 0.25) is 5.88 Å². The van der Waals surface area contributed by atoms with Crippen molar-refractivity contribution < 1.29 is 19.0 Å². The van der Waals surface area contributed by atoms with E-state index in [0.29, 0.717) is 49.0 Å². The van der Waals surface area contributed by atoms with E-state index in [2.05, 4.69) is 42.5 Å². The van der Waals surface area contributed by atoms with Gasteiger partial charge in [-0.2, -0.15) is 0 Å². The molecule has 1 spiro atoms. The monoisotopic (exact) mass is 610 g/mol. The molecule has 6 rings (SSSR count). The van der Waals surface area contributed by atoms with Crippen LogP contribution in [0.4, 0.5) is 22.0 Å². The Morgan fingerprint density at radius 2 is 1.91 bits per heavy atom. The Morgan fingerprint density at radius 1 is 1.13 bits per heavy atom. The molecular formula is C31H34N10O4. The number of aryl methyl sites for hydroxylation is 2. The van der Waals surface area contributed by atoms with E-state index in [1.807, 2.05) is 71.1 Å². The van der Waals surface area contributed by atoms with Gasteiger partial charge in [0.15, 0.2) is 5.82 Å². The van der Waals surface area contributed by atoms with Crippen LogP contribution in [0.25, 0.3) is 17.0 Å². The molecule has 0 radical (unpaired) electrons. The highest BCUT2D eigenvalue weighted by Crippen LogP contribution is 2.33. The number of hydrogen-bond acceptors (Lipinski definition) is 12. The van der Waals surface area contributed by atoms with Crippen LogP contribution >= 0.6 is 0 Å². The molecule has 1 fully saturated rings. The van der Waals surface area contributed by atoms with Crippen molar-refractivity contribution in [2.75, 3.05) is 30.3 Å². The number of nitrogens with zero attached hydrogens (tertiary/aromatic N) is 8. The maximum absolute atomic E-state index is 12.4. The zero-order chi connectivity index (χ0) is 31.8. The lowest BCUT2D eigenvalue weighted by Crippen LogP contribution is -2.63. The van der Waals surface area contributed by atoms with Gasteiger partial charge in [0.05, 0.1) is 18.6 Å². The van der Waals surface area contributed by atoms with Gasteiger partial charge in [0, 0.05) is 29.9 Å². The third-order valence-corrected chi connectivity index (χ3v) is 7.13. The fourth-order valence-corrected chi connectivity index (χ4v) is 4.92. The van der Waals surface area contributed by atoms with Crippen molar-refractivity contribution in [1.29, 1.82) is 0 Å². The number of benzene rings is 2. The molecule has 4 aromatic rings. The van der Waals surface area contributed by atoms with Crippen LogP contribution in [0.2, 0.25) is 0 Å². The Balaban J connectivity index is 1.14. The van der Waals surface area contributed by atoms with E-state index in [0.717, 1.165) is 27.8 Å². The second kappa shape index (κ2) is 11.5. The van der Waals surface area contributed by atoms with E-state index in [9.17, 15) is 4.79 Å². The number of anilines is 3. The first kappa shape index (κ1) is 29.5. The van der Waals surface area contributed by atoms with E-state index in [4.69, 9.17) is 19.2 Å². The molecule has 2 aromatic heterocycles. The van der Waals surface area contributed by atoms with Crippen LogP contribution in [-0.4, -0.2) is 79.3 Å². The van der Waals surface area contributed by atoms with Gasteiger partial charge in [-0.15, -0.1) is 10.2 Å². The molecule has 0 unspecified atom stereocenters. The highest BCUT2D eigenvalue weighted by Gasteiger charge is 2.50. The first-order valence-electron chi connectivity index (χ1n) is 14.3. The molecule has 0 saturated carbocycles. The van der Waals surface area contributed by atoms with E-state index < -0.39 is 11.1 Å². The number of amides is 1. The summed E-state index contributed by atoms with van der Waals surface area (Å²) in [5.74, 6) is 2.15. The van der Waals surface area contributed by atoms with Crippen LogP contribution in [0, 0.1) is 6.92 Å². The Bertz CT molecular complexity index is 1840. The highest BCUT2D eigenvalue weighted by molar-refractivity contribution is 5.97. The maximum atomic E-state index is 12.4. The minimum atomic E-state index is -0.546. The van der Waals surface area contributed by atoms with Crippen molar-refractivity contribution in [2.45, 2.75) is 38.8 Å². The molecule has 0 bridgehead atoms. The average Bonchev–Trinajstić information content (AvgIpc) is 3.58. The van der Waals surface area contributed by atoms with Crippen LogP contribution in [-0.2, 0) is 16.5 Å². The Hall–Kier alpha value is -5.53. The van der Waals surface area contributed by atoms with E-state index >= 15 is 0 Å². The molecular weight excluding hydrogens is 576 g/mol. The SMILES string of the molecule is C=N/C(=C\c1nncn1C)Oc1ccc(Nc2ncnc3ccc(NC4=NC5(CO4)CN(C(=O)OC(C)(C)C)C5)cc23)cc1C. The zero-order valence-corrected chi connectivity index (χ0v) is 25.7. The summed E-state index contributed by atoms with van der Waals surface area (Å²) in [5, 5.41) is 15.3. The molecule has 0 atom stereocenters. The molecule has 1 saturated heterocycles. The molecule has 4 heterocycles. The van der Waals surface area contributed by atoms with Gasteiger partial charge in [-0.25, -0.2) is 24.7 Å². The molecule has 2 aliphatic heterocycles. The molecule has 232 valence electrons. The van der Waals surface area contributed by atoms with Crippen molar-refractivity contribution in [3.63, 3.8) is 0 Å². The van der Waals surface area contributed by atoms with E-state index in [-0.39, 0.29) is 6.09 Å². The largest absolute Gasteiger partial charge is 0.462 e. The summed E-state index contributed by atoms with van der Waals surface area (Å²) in [6, 6.07) is 11.8. The highest BCUT2D eigenvalue weighted by atomic mass is 16.6. The first-order chi connectivity index (χ1) is 21.5. The standard InChI is InChI=1S/C31H34N10O4/c1-19-11-20(8-10-24(19)44-26(32-5)13-25-39-35-18-40(25)6)36-27-22-12-21(7-9-23(22)33-17-34-27)37-28-38-31(16-43-28)14-41(15-31)29(42)45-30(2,3)4/h7-13,17-18H,5,14-16H2,1-4,6H3,(H,37,38)(H,33,34,36)/b26-13+. The van der Waals surface area contributed by atoms with Crippen LogP contribution in [0.3, 0.4) is 0 Å². The quantitative estimate of drug-likeness (QED) is 0.223. The lowest BCUT2D eigenvalue weighted by atomic mass is 9.93. The summed E-state index contributed by atoms with van der Waals surface area (Å²) >= 11 is 0. The number of nitrogens with one attached hydrogen (secondary N) is 2. The van der Waals surface area contributed by atoms with E-state index in [1.165, 1.54) is 6.33 Å². The predicted molar refractivity (Wildman–Crippen MR) is 171 cm³/mol. The predicted octanol–water partition coefficient (Wildman–Crippen LogP) is 4.68. The lowest BCUT2D eigenvalue weighted by molar-refractivity contribution is -0.0116. The molecule has 45 heavy (non-hydrogen) atoms. The number of carbonyl (C=O) groups is 1. The van der Waals surface area contributed by atoms with Crippen molar-refractivity contribution in [3.8, 4) is 5.75 Å². The van der Waals surface area contributed by atoms with Crippen LogP contribution in [0.15, 0.2) is 64.9 Å². The average molecular weight is 611 g/mol. The van der Waals surface area contributed by atoms with Gasteiger partial charge in [0.25, 0.3) is 6.02 Å². The summed E-state index contributed by atoms with van der Waals surface area (Å²) in [7, 11) is 1.83. The van der Waals surface area contributed by atoms with E-state index in [1.54, 1.807) is 21.9 Å². The van der Waals surface area contributed by atoms with Gasteiger partial charge in [-0.3, -0.25) is 0 Å². The summed E-state index contributed by atoms with van der Waals surface area (Å²) in [6.45, 7) is 12.4. The second-order valence-electron chi connectivity index (χ2n) is 12.0. The van der Waals surface area contributed by atoms with Gasteiger partial charge in [-0.05, 0) is 76.4 Å². The molecule has 14 nitrogen and oxygen atoms in total. The zero-order valence-electron chi connectivity index (χ0n) is 25.7. The number of fused-ring (bicyclic) bond motifs is 1. The Kier molecular flexibility index (Phi) is 7.56. The number of aliphatic imine (C=N–C) groups is 2. The molecule has 2 N–H and O–H groups in total. The number of ether oxygens (including phenoxy) is 3. The number of aromatic nitrogens is 5. The lowest BCUT2D eigenvalue weighted by Gasteiger charge is -2.44. The molecule has 2 aromatic carbocycles. The number of likely N-dealkylation sites (tertiary alicyclic amines) is 1. The van der Waals surface area contributed by atoms with Gasteiger partial charge in [-0.1, -0.05) is 0 Å². The van der Waals surface area contributed by atoms with Gasteiger partial charge >= 0.3 is 6.09 Å². The Morgan fingerprint density at radius 3 is 2.62 bits per heavy atom. The fraction of sp³-hybridized carbons (Fsp3) is 0.323. The molecule has 1 amide bonds. The van der Waals surface area contributed by atoms with Crippen LogP contribution in [0.5, 0.6) is 5.75 Å². The smallest absolute Gasteiger partial charge is 0.410 e. The second-order valence-corrected chi connectivity index (χ2v) is 12.0. The Labute approximate surface area is 259 Å². The number of rotatable bonds is 7. The summed E-state index contributed by atoms with van der Waals surface area (Å²) in [5.41, 5.74) is 2.21. The van der Waals surface area contributed by atoms with Crippen molar-refractivity contribution in [2.24, 2.45) is 17.0 Å². The third-order valence-electron chi connectivity index (χ3n) is 7.13. The molecule has 2 aliphatic rings. The van der Waals surface area contributed by atoms with Crippen molar-refractivity contribution in [3.05, 3.63) is 66.3 Å². The fourth-order valence-electron chi connectivity index (χ4n) is 4.92. The molecule has 0 aliphatic carbocycles. The minimum absolute atomic E-state index is 0.302. The summed E-state index contributed by atoms with van der Waals surface area (Å²) in [6.07, 6.45) is 4.43. The number of amidine groups is 1. The summed E-state index contributed by atoms with van der Waals surface area (Å²) in [4.78, 5) is 31.6. The van der Waals surface area contributed by atoms with Crippen LogP contribution in [0.1, 0.15) is 32.2 Å². The van der Waals surface area contributed by atoms with Gasteiger partial charge in [0.1, 0.15) is 42.0 Å². The molecule has 14 heteroatoms. The van der Waals surface area contributed by atoms with Crippen molar-refractivity contribution >= 4 is 53.0 Å². The normalized spacial score (nSPS) is 15.7. The third kappa shape index (κ3) is 6.54. The van der Waals surface area contributed by atoms with Crippen molar-refractivity contribution in [1.82, 2.24) is 29.6 Å². The first-order valence-corrected chi connectivity index (χ1v) is 14.3.